The summed E-state index contributed by atoms with van der Waals surface area (Å²) >= 11 is 0. The molecule has 4 N–H and O–H groups in total. The fourth-order valence-electron chi connectivity index (χ4n) is 3.87. The Morgan fingerprint density at radius 1 is 0.969 bits per heavy atom. The zero-order valence-corrected chi connectivity index (χ0v) is 18.3. The Labute approximate surface area is 186 Å². The molecule has 0 unspecified atom stereocenters. The lowest BCUT2D eigenvalue weighted by Gasteiger charge is -2.31. The first-order valence-corrected chi connectivity index (χ1v) is 10.4. The average molecular weight is 440 g/mol. The van der Waals surface area contributed by atoms with E-state index in [1.807, 2.05) is 48.5 Å². The number of benzene rings is 2. The van der Waals surface area contributed by atoms with Crippen LogP contribution in [0.4, 0.5) is 4.79 Å². The molecular formula is C24H28N2O6. The second-order valence-electron chi connectivity index (χ2n) is 8.85. The minimum atomic E-state index is -1.46. The van der Waals surface area contributed by atoms with E-state index in [0.29, 0.717) is 0 Å². The lowest BCUT2D eigenvalue weighted by Crippen LogP contribution is -2.57. The Balaban J connectivity index is 1.70. The molecule has 2 atom stereocenters. The van der Waals surface area contributed by atoms with E-state index in [0.717, 1.165) is 22.3 Å². The highest BCUT2D eigenvalue weighted by Crippen LogP contribution is 2.44. The average Bonchev–Trinajstić information content (AvgIpc) is 3.07. The maximum absolute atomic E-state index is 12.6. The van der Waals surface area contributed by atoms with Gasteiger partial charge in [0.1, 0.15) is 18.7 Å². The lowest BCUT2D eigenvalue weighted by molar-refractivity contribution is -0.143. The van der Waals surface area contributed by atoms with Gasteiger partial charge in [-0.25, -0.2) is 9.59 Å². The van der Waals surface area contributed by atoms with Crippen molar-refractivity contribution in [3.63, 3.8) is 0 Å². The third kappa shape index (κ3) is 4.91. The summed E-state index contributed by atoms with van der Waals surface area (Å²) in [5.41, 5.74) is 3.62. The molecule has 8 nitrogen and oxygen atoms in total. The van der Waals surface area contributed by atoms with Crippen molar-refractivity contribution in [1.29, 1.82) is 0 Å². The Morgan fingerprint density at radius 3 is 1.97 bits per heavy atom. The minimum Gasteiger partial charge on any atom is -0.480 e. The number of carboxylic acid groups (broad SMARTS) is 1. The van der Waals surface area contributed by atoms with Crippen molar-refractivity contribution in [1.82, 2.24) is 10.6 Å². The molecular weight excluding hydrogens is 412 g/mol. The molecule has 2 amide bonds. The van der Waals surface area contributed by atoms with Crippen LogP contribution < -0.4 is 10.6 Å². The second-order valence-corrected chi connectivity index (χ2v) is 8.85. The summed E-state index contributed by atoms with van der Waals surface area (Å²) in [6.07, 6.45) is -0.780. The first-order valence-electron chi connectivity index (χ1n) is 10.4. The van der Waals surface area contributed by atoms with Gasteiger partial charge >= 0.3 is 12.1 Å². The molecule has 0 saturated heterocycles. The summed E-state index contributed by atoms with van der Waals surface area (Å²) in [6, 6.07) is 13.4. The van der Waals surface area contributed by atoms with Crippen LogP contribution in [0.25, 0.3) is 11.1 Å². The minimum absolute atomic E-state index is 0.0900. The van der Waals surface area contributed by atoms with Crippen molar-refractivity contribution < 1.29 is 29.3 Å². The zero-order valence-electron chi connectivity index (χ0n) is 18.3. The molecule has 3 rings (SSSR count). The summed E-state index contributed by atoms with van der Waals surface area (Å²) in [5.74, 6) is -2.21. The van der Waals surface area contributed by atoms with E-state index in [2.05, 4.69) is 10.6 Å². The highest BCUT2D eigenvalue weighted by Gasteiger charge is 2.36. The SMILES string of the molecule is CC(C)(C)[C@@H](NC(=O)OCC1c2ccccc2-c2ccccc21)C(=O)N[C@H](CO)C(=O)O. The fourth-order valence-corrected chi connectivity index (χ4v) is 3.87. The van der Waals surface area contributed by atoms with Crippen molar-refractivity contribution >= 4 is 18.0 Å². The van der Waals surface area contributed by atoms with E-state index >= 15 is 0 Å². The zero-order chi connectivity index (χ0) is 23.5. The van der Waals surface area contributed by atoms with Gasteiger partial charge in [-0.3, -0.25) is 4.79 Å². The standard InChI is InChI=1S/C24H28N2O6/c1-24(2,3)20(21(28)25-19(12-27)22(29)30)26-23(31)32-13-18-16-10-6-4-8-14(16)15-9-5-7-11-17(15)18/h4-11,18-20,27H,12-13H2,1-3H3,(H,25,28)(H,26,31)(H,29,30)/t19-,20+/m1/s1. The number of aliphatic hydroxyl groups excluding tert-OH is 1. The number of aliphatic carboxylic acids is 1. The van der Waals surface area contributed by atoms with Crippen LogP contribution in [0.5, 0.6) is 0 Å². The highest BCUT2D eigenvalue weighted by molar-refractivity contribution is 5.90. The van der Waals surface area contributed by atoms with E-state index in [4.69, 9.17) is 14.9 Å². The Bertz CT molecular complexity index is 968. The molecule has 0 saturated carbocycles. The molecule has 1 aliphatic carbocycles. The molecule has 0 bridgehead atoms. The topological polar surface area (TPSA) is 125 Å². The molecule has 0 aliphatic heterocycles. The number of nitrogens with one attached hydrogen (secondary N) is 2. The maximum atomic E-state index is 12.6. The molecule has 1 aliphatic rings. The van der Waals surface area contributed by atoms with E-state index in [1.165, 1.54) is 0 Å². The van der Waals surface area contributed by atoms with Gasteiger partial charge in [-0.05, 0) is 27.7 Å². The molecule has 2 aromatic carbocycles. The number of carboxylic acids is 1. The number of fused-ring (bicyclic) bond motifs is 3. The van der Waals surface area contributed by atoms with Crippen molar-refractivity contribution in [2.45, 2.75) is 38.8 Å². The number of hydrogen-bond donors (Lipinski definition) is 4. The largest absolute Gasteiger partial charge is 0.480 e. The lowest BCUT2D eigenvalue weighted by atomic mass is 9.86. The smallest absolute Gasteiger partial charge is 0.407 e. The number of carbonyl (C=O) groups excluding carboxylic acids is 2. The number of alkyl carbamates (subject to hydrolysis) is 1. The van der Waals surface area contributed by atoms with Gasteiger partial charge in [-0.2, -0.15) is 0 Å². The molecule has 2 aromatic rings. The Hall–Kier alpha value is -3.39. The fraction of sp³-hybridized carbons (Fsp3) is 0.375. The quantitative estimate of drug-likeness (QED) is 0.524. The van der Waals surface area contributed by atoms with Gasteiger partial charge < -0.3 is 25.6 Å². The molecule has 0 aromatic heterocycles. The van der Waals surface area contributed by atoms with Crippen LogP contribution in [-0.2, 0) is 14.3 Å². The van der Waals surface area contributed by atoms with Crippen LogP contribution in [0, 0.1) is 5.41 Å². The van der Waals surface area contributed by atoms with Gasteiger partial charge in [0.25, 0.3) is 0 Å². The van der Waals surface area contributed by atoms with Crippen LogP contribution in [0.2, 0.25) is 0 Å². The third-order valence-corrected chi connectivity index (χ3v) is 5.53. The van der Waals surface area contributed by atoms with Crippen molar-refractivity contribution in [3.8, 4) is 11.1 Å². The van der Waals surface area contributed by atoms with Gasteiger partial charge in [-0.15, -0.1) is 0 Å². The number of carbonyl (C=O) groups is 3. The predicted octanol–water partition coefficient (Wildman–Crippen LogP) is 2.50. The Kier molecular flexibility index (Phi) is 6.84. The Morgan fingerprint density at radius 2 is 1.50 bits per heavy atom. The van der Waals surface area contributed by atoms with Gasteiger partial charge in [0.05, 0.1) is 6.61 Å². The van der Waals surface area contributed by atoms with Crippen molar-refractivity contribution in [3.05, 3.63) is 59.7 Å². The van der Waals surface area contributed by atoms with E-state index in [9.17, 15) is 14.4 Å². The second kappa shape index (κ2) is 9.40. The summed E-state index contributed by atoms with van der Waals surface area (Å²) in [6.45, 7) is 4.52. The maximum Gasteiger partial charge on any atom is 0.407 e. The molecule has 0 spiro atoms. The van der Waals surface area contributed by atoms with E-state index in [-0.39, 0.29) is 12.5 Å². The van der Waals surface area contributed by atoms with Gasteiger partial charge in [0, 0.05) is 5.92 Å². The van der Waals surface area contributed by atoms with Crippen LogP contribution in [0.15, 0.2) is 48.5 Å². The number of ether oxygens (including phenoxy) is 1. The summed E-state index contributed by atoms with van der Waals surface area (Å²) in [4.78, 5) is 36.4. The van der Waals surface area contributed by atoms with Crippen LogP contribution in [-0.4, -0.2) is 53.5 Å². The van der Waals surface area contributed by atoms with Crippen molar-refractivity contribution in [2.75, 3.05) is 13.2 Å². The number of amides is 2. The summed E-state index contributed by atoms with van der Waals surface area (Å²) in [5, 5.41) is 23.0. The molecule has 32 heavy (non-hydrogen) atoms. The summed E-state index contributed by atoms with van der Waals surface area (Å²) in [7, 11) is 0. The van der Waals surface area contributed by atoms with Gasteiger partial charge in [0.2, 0.25) is 5.91 Å². The highest BCUT2D eigenvalue weighted by atomic mass is 16.5. The summed E-state index contributed by atoms with van der Waals surface area (Å²) < 4.78 is 5.50. The first kappa shape index (κ1) is 23.3. The normalized spacial score (nSPS) is 14.6. The molecule has 8 heteroatoms. The van der Waals surface area contributed by atoms with Crippen molar-refractivity contribution in [2.24, 2.45) is 5.41 Å². The number of rotatable bonds is 7. The molecule has 0 fully saturated rings. The number of aliphatic hydroxyl groups is 1. The third-order valence-electron chi connectivity index (χ3n) is 5.53. The molecule has 0 radical (unpaired) electrons. The van der Waals surface area contributed by atoms with Crippen LogP contribution in [0.1, 0.15) is 37.8 Å². The van der Waals surface area contributed by atoms with Crippen LogP contribution >= 0.6 is 0 Å². The first-order chi connectivity index (χ1) is 15.1. The monoisotopic (exact) mass is 440 g/mol. The van der Waals surface area contributed by atoms with E-state index in [1.54, 1.807) is 20.8 Å². The van der Waals surface area contributed by atoms with Gasteiger partial charge in [0.15, 0.2) is 0 Å². The molecule has 0 heterocycles. The predicted molar refractivity (Wildman–Crippen MR) is 118 cm³/mol. The molecule has 170 valence electrons. The van der Waals surface area contributed by atoms with E-state index < -0.39 is 42.1 Å². The number of hydrogen-bond acceptors (Lipinski definition) is 5. The van der Waals surface area contributed by atoms with Gasteiger partial charge in [-0.1, -0.05) is 69.3 Å². The van der Waals surface area contributed by atoms with Crippen LogP contribution in [0.3, 0.4) is 0 Å².